The maximum atomic E-state index is 10.3. The van der Waals surface area contributed by atoms with E-state index in [9.17, 15) is 10.2 Å². The van der Waals surface area contributed by atoms with E-state index >= 15 is 0 Å². The first kappa shape index (κ1) is 24.0. The number of aryl methyl sites for hydroxylation is 1. The monoisotopic (exact) mass is 405 g/mol. The quantitative estimate of drug-likeness (QED) is 0.340. The van der Waals surface area contributed by atoms with Gasteiger partial charge in [-0.2, -0.15) is 0 Å². The minimum atomic E-state index is -0.502. The van der Waals surface area contributed by atoms with E-state index in [4.69, 9.17) is 10.5 Å². The maximum absolute atomic E-state index is 10.3. The van der Waals surface area contributed by atoms with Crippen LogP contribution in [0.4, 0.5) is 0 Å². The second kappa shape index (κ2) is 11.8. The van der Waals surface area contributed by atoms with Crippen LogP contribution in [-0.4, -0.2) is 29.0 Å². The Labute approximate surface area is 177 Å². The second-order valence-electron chi connectivity index (χ2n) is 9.89. The number of hydrogen-bond acceptors (Lipinski definition) is 4. The van der Waals surface area contributed by atoms with E-state index in [1.807, 2.05) is 12.1 Å². The molecule has 1 fully saturated rings. The lowest BCUT2D eigenvalue weighted by Gasteiger charge is -2.27. The van der Waals surface area contributed by atoms with E-state index in [1.165, 1.54) is 32.1 Å². The Morgan fingerprint density at radius 2 is 1.86 bits per heavy atom. The van der Waals surface area contributed by atoms with Gasteiger partial charge in [0.25, 0.3) is 0 Å². The summed E-state index contributed by atoms with van der Waals surface area (Å²) >= 11 is 0. The van der Waals surface area contributed by atoms with Crippen LogP contribution in [0.15, 0.2) is 18.2 Å². The molecule has 0 spiro atoms. The predicted molar refractivity (Wildman–Crippen MR) is 120 cm³/mol. The normalized spacial score (nSPS) is 17.3. The molecule has 1 aliphatic carbocycles. The average molecular weight is 406 g/mol. The van der Waals surface area contributed by atoms with Gasteiger partial charge in [-0.25, -0.2) is 0 Å². The molecule has 1 aromatic carbocycles. The van der Waals surface area contributed by atoms with Gasteiger partial charge in [0.2, 0.25) is 0 Å². The zero-order chi connectivity index (χ0) is 21.3. The van der Waals surface area contributed by atoms with Crippen LogP contribution in [0.5, 0.6) is 11.5 Å². The highest BCUT2D eigenvalue weighted by Gasteiger charge is 2.33. The molecule has 0 aromatic heterocycles. The SMILES string of the molecule is CC(C)CCCC(C)CCCOc1ccc(CC[C@@](N)(CO)CC2CC2)cc1O. The van der Waals surface area contributed by atoms with Crippen molar-refractivity contribution in [3.8, 4) is 11.5 Å². The van der Waals surface area contributed by atoms with Crippen LogP contribution >= 0.6 is 0 Å². The summed E-state index contributed by atoms with van der Waals surface area (Å²) in [6.45, 7) is 7.54. The molecule has 29 heavy (non-hydrogen) atoms. The van der Waals surface area contributed by atoms with E-state index in [1.54, 1.807) is 6.07 Å². The Kier molecular flexibility index (Phi) is 9.78. The Hall–Kier alpha value is -1.26. The van der Waals surface area contributed by atoms with Crippen molar-refractivity contribution in [3.63, 3.8) is 0 Å². The number of rotatable bonds is 15. The summed E-state index contributed by atoms with van der Waals surface area (Å²) < 4.78 is 5.80. The van der Waals surface area contributed by atoms with Crippen molar-refractivity contribution in [1.29, 1.82) is 0 Å². The van der Waals surface area contributed by atoms with Gasteiger partial charge in [-0.3, -0.25) is 0 Å². The van der Waals surface area contributed by atoms with Gasteiger partial charge in [-0.15, -0.1) is 0 Å². The molecule has 4 heteroatoms. The molecule has 1 unspecified atom stereocenters. The summed E-state index contributed by atoms with van der Waals surface area (Å²) in [5.74, 6) is 2.96. The van der Waals surface area contributed by atoms with Gasteiger partial charge in [0.15, 0.2) is 11.5 Å². The number of ether oxygens (including phenoxy) is 1. The lowest BCUT2D eigenvalue weighted by atomic mass is 9.88. The van der Waals surface area contributed by atoms with Gasteiger partial charge in [-0.05, 0) is 67.6 Å². The van der Waals surface area contributed by atoms with E-state index < -0.39 is 5.54 Å². The number of nitrogens with two attached hydrogens (primary N) is 1. The number of aliphatic hydroxyl groups excluding tert-OH is 1. The first-order chi connectivity index (χ1) is 13.8. The van der Waals surface area contributed by atoms with Crippen LogP contribution in [0.3, 0.4) is 0 Å². The van der Waals surface area contributed by atoms with Crippen LogP contribution < -0.4 is 10.5 Å². The summed E-state index contributed by atoms with van der Waals surface area (Å²) in [6.07, 6.45) is 10.9. The highest BCUT2D eigenvalue weighted by molar-refractivity contribution is 5.41. The van der Waals surface area contributed by atoms with E-state index in [-0.39, 0.29) is 12.4 Å². The molecular weight excluding hydrogens is 362 g/mol. The molecule has 4 N–H and O–H groups in total. The predicted octanol–water partition coefficient (Wildman–Crippen LogP) is 5.44. The largest absolute Gasteiger partial charge is 0.504 e. The lowest BCUT2D eigenvalue weighted by Crippen LogP contribution is -2.44. The summed E-state index contributed by atoms with van der Waals surface area (Å²) in [7, 11) is 0. The number of aromatic hydroxyl groups is 1. The van der Waals surface area contributed by atoms with Crippen LogP contribution in [0.25, 0.3) is 0 Å². The van der Waals surface area contributed by atoms with Gasteiger partial charge < -0.3 is 20.7 Å². The van der Waals surface area contributed by atoms with Gasteiger partial charge in [0.1, 0.15) is 0 Å². The molecule has 2 rings (SSSR count). The molecule has 0 heterocycles. The Balaban J connectivity index is 1.69. The number of phenolic OH excluding ortho intramolecular Hbond substituents is 1. The zero-order valence-electron chi connectivity index (χ0n) is 18.8. The molecule has 4 nitrogen and oxygen atoms in total. The Morgan fingerprint density at radius 3 is 2.48 bits per heavy atom. The molecule has 0 saturated heterocycles. The molecule has 0 radical (unpaired) electrons. The van der Waals surface area contributed by atoms with Gasteiger partial charge >= 0.3 is 0 Å². The fraction of sp³-hybridized carbons (Fsp3) is 0.760. The fourth-order valence-electron chi connectivity index (χ4n) is 4.01. The van der Waals surface area contributed by atoms with E-state index in [0.29, 0.717) is 18.3 Å². The summed E-state index contributed by atoms with van der Waals surface area (Å²) in [4.78, 5) is 0. The molecule has 0 bridgehead atoms. The highest BCUT2D eigenvalue weighted by atomic mass is 16.5. The molecule has 166 valence electrons. The third-order valence-electron chi connectivity index (χ3n) is 6.22. The van der Waals surface area contributed by atoms with Crippen LogP contribution in [0, 0.1) is 17.8 Å². The minimum absolute atomic E-state index is 0.0204. The average Bonchev–Trinajstić information content (AvgIpc) is 3.48. The Morgan fingerprint density at radius 1 is 1.14 bits per heavy atom. The zero-order valence-corrected chi connectivity index (χ0v) is 18.8. The van der Waals surface area contributed by atoms with Crippen molar-refractivity contribution < 1.29 is 14.9 Å². The lowest BCUT2D eigenvalue weighted by molar-refractivity contribution is 0.172. The Bertz CT molecular complexity index is 600. The molecule has 0 aliphatic heterocycles. The molecule has 1 aliphatic rings. The van der Waals surface area contributed by atoms with Gasteiger partial charge in [0.05, 0.1) is 13.2 Å². The number of phenols is 1. The van der Waals surface area contributed by atoms with Crippen molar-refractivity contribution in [1.82, 2.24) is 0 Å². The number of hydrogen-bond donors (Lipinski definition) is 3. The fourth-order valence-corrected chi connectivity index (χ4v) is 4.01. The van der Waals surface area contributed by atoms with Crippen molar-refractivity contribution in [2.75, 3.05) is 13.2 Å². The standard InChI is InChI=1S/C25H43NO3/c1-19(2)6-4-7-20(3)8-5-15-29-24-12-11-21(16-23(24)28)13-14-25(26,18-27)17-22-9-10-22/h11-12,16,19-20,22,27-28H,4-10,13-15,17-18,26H2,1-3H3/t20?,25-/m0/s1. The molecule has 1 aromatic rings. The van der Waals surface area contributed by atoms with Crippen LogP contribution in [-0.2, 0) is 6.42 Å². The molecular formula is C25H43NO3. The number of aliphatic hydroxyl groups is 1. The smallest absolute Gasteiger partial charge is 0.160 e. The van der Waals surface area contributed by atoms with Crippen LogP contribution in [0.2, 0.25) is 0 Å². The van der Waals surface area contributed by atoms with Crippen molar-refractivity contribution >= 4 is 0 Å². The summed E-state index contributed by atoms with van der Waals surface area (Å²) in [5.41, 5.74) is 6.90. The summed E-state index contributed by atoms with van der Waals surface area (Å²) in [5, 5.41) is 20.0. The van der Waals surface area contributed by atoms with E-state index in [2.05, 4.69) is 20.8 Å². The topological polar surface area (TPSA) is 75.7 Å². The van der Waals surface area contributed by atoms with Crippen molar-refractivity contribution in [2.45, 2.75) is 90.5 Å². The van der Waals surface area contributed by atoms with Crippen LogP contribution in [0.1, 0.15) is 84.1 Å². The third kappa shape index (κ3) is 9.39. The molecule has 1 saturated carbocycles. The van der Waals surface area contributed by atoms with Gasteiger partial charge in [-0.1, -0.05) is 58.9 Å². The van der Waals surface area contributed by atoms with E-state index in [0.717, 1.165) is 49.5 Å². The van der Waals surface area contributed by atoms with Gasteiger partial charge in [0, 0.05) is 5.54 Å². The minimum Gasteiger partial charge on any atom is -0.504 e. The maximum Gasteiger partial charge on any atom is 0.160 e. The highest BCUT2D eigenvalue weighted by Crippen LogP contribution is 2.37. The second-order valence-corrected chi connectivity index (χ2v) is 9.89. The molecule has 0 amide bonds. The first-order valence-corrected chi connectivity index (χ1v) is 11.7. The summed E-state index contributed by atoms with van der Waals surface area (Å²) in [6, 6.07) is 5.63. The molecule has 2 atom stereocenters. The first-order valence-electron chi connectivity index (χ1n) is 11.7. The van der Waals surface area contributed by atoms with Crippen molar-refractivity contribution in [3.05, 3.63) is 23.8 Å². The number of benzene rings is 1. The third-order valence-corrected chi connectivity index (χ3v) is 6.22. The van der Waals surface area contributed by atoms with Crippen molar-refractivity contribution in [2.24, 2.45) is 23.5 Å².